The van der Waals surface area contributed by atoms with Crippen LogP contribution in [0.5, 0.6) is 0 Å². The number of carbonyl (C=O) groups excluding carboxylic acids is 1. The van der Waals surface area contributed by atoms with Gasteiger partial charge in [0.15, 0.2) is 5.78 Å². The Morgan fingerprint density at radius 2 is 2.00 bits per heavy atom. The summed E-state index contributed by atoms with van der Waals surface area (Å²) in [4.78, 5) is 11.5. The van der Waals surface area contributed by atoms with E-state index in [1.54, 1.807) is 19.9 Å². The summed E-state index contributed by atoms with van der Waals surface area (Å²) in [5.74, 6) is 1.33. The Balaban J connectivity index is 2.40. The number of Topliss-reactive ketones (excluding diaryl/α,β-unsaturated/α-hetero) is 1. The van der Waals surface area contributed by atoms with Crippen LogP contribution >= 0.6 is 0 Å². The maximum atomic E-state index is 11.5. The smallest absolute Gasteiger partial charge is 0.163 e. The molecule has 0 saturated carbocycles. The fourth-order valence-electron chi connectivity index (χ4n) is 2.12. The summed E-state index contributed by atoms with van der Waals surface area (Å²) in [6, 6.07) is 11.6. The van der Waals surface area contributed by atoms with Crippen LogP contribution < -0.4 is 0 Å². The van der Waals surface area contributed by atoms with Gasteiger partial charge in [0.25, 0.3) is 0 Å². The standard InChI is InChI=1S/C16H18O3/c1-4-18-16(13-8-6-5-7-9-13)15-10-14(11(2)17)12(3)19-15/h5-10,16H,4H2,1-3H3. The first kappa shape index (κ1) is 13.6. The SMILES string of the molecule is CCOC(c1ccccc1)c1cc(C(C)=O)c(C)o1. The van der Waals surface area contributed by atoms with Crippen molar-refractivity contribution in [3.63, 3.8) is 0 Å². The minimum atomic E-state index is -0.266. The van der Waals surface area contributed by atoms with Crippen molar-refractivity contribution in [2.24, 2.45) is 0 Å². The minimum Gasteiger partial charge on any atom is -0.462 e. The number of ether oxygens (including phenoxy) is 1. The van der Waals surface area contributed by atoms with Gasteiger partial charge in [0, 0.05) is 6.61 Å². The van der Waals surface area contributed by atoms with Crippen molar-refractivity contribution in [2.75, 3.05) is 6.61 Å². The van der Waals surface area contributed by atoms with Crippen molar-refractivity contribution in [3.05, 3.63) is 59.0 Å². The Morgan fingerprint density at radius 1 is 1.32 bits per heavy atom. The molecule has 1 atom stereocenters. The molecule has 0 aliphatic rings. The lowest BCUT2D eigenvalue weighted by Crippen LogP contribution is -2.05. The molecule has 0 saturated heterocycles. The quantitative estimate of drug-likeness (QED) is 0.763. The summed E-state index contributed by atoms with van der Waals surface area (Å²) in [5, 5.41) is 0. The molecule has 1 aromatic carbocycles. The lowest BCUT2D eigenvalue weighted by Gasteiger charge is -2.14. The van der Waals surface area contributed by atoms with Gasteiger partial charge < -0.3 is 9.15 Å². The molecular formula is C16H18O3. The van der Waals surface area contributed by atoms with Crippen LogP contribution in [0.1, 0.15) is 47.4 Å². The maximum Gasteiger partial charge on any atom is 0.163 e. The second-order valence-electron chi connectivity index (χ2n) is 4.42. The van der Waals surface area contributed by atoms with Gasteiger partial charge in [0.1, 0.15) is 17.6 Å². The van der Waals surface area contributed by atoms with E-state index in [1.807, 2.05) is 37.3 Å². The molecule has 0 N–H and O–H groups in total. The predicted octanol–water partition coefficient (Wildman–Crippen LogP) is 3.92. The van der Waals surface area contributed by atoms with Crippen molar-refractivity contribution in [2.45, 2.75) is 26.9 Å². The molecule has 0 aliphatic heterocycles. The lowest BCUT2D eigenvalue weighted by molar-refractivity contribution is 0.0747. The Labute approximate surface area is 113 Å². The predicted molar refractivity (Wildman–Crippen MR) is 73.4 cm³/mol. The van der Waals surface area contributed by atoms with Gasteiger partial charge >= 0.3 is 0 Å². The Morgan fingerprint density at radius 3 is 2.53 bits per heavy atom. The molecule has 19 heavy (non-hydrogen) atoms. The fourth-order valence-corrected chi connectivity index (χ4v) is 2.12. The number of benzene rings is 1. The van der Waals surface area contributed by atoms with Gasteiger partial charge in [-0.1, -0.05) is 30.3 Å². The van der Waals surface area contributed by atoms with Crippen molar-refractivity contribution < 1.29 is 13.9 Å². The Bertz CT molecular complexity index is 555. The van der Waals surface area contributed by atoms with Gasteiger partial charge in [-0.3, -0.25) is 4.79 Å². The summed E-state index contributed by atoms with van der Waals surface area (Å²) in [6.45, 7) is 5.86. The highest BCUT2D eigenvalue weighted by Gasteiger charge is 2.21. The summed E-state index contributed by atoms with van der Waals surface area (Å²) < 4.78 is 11.5. The molecule has 0 aliphatic carbocycles. The number of rotatable bonds is 5. The third-order valence-corrected chi connectivity index (χ3v) is 3.01. The van der Waals surface area contributed by atoms with Crippen LogP contribution in [0.3, 0.4) is 0 Å². The van der Waals surface area contributed by atoms with Gasteiger partial charge in [0.2, 0.25) is 0 Å². The number of furan rings is 1. The van der Waals surface area contributed by atoms with Crippen LogP contribution in [0, 0.1) is 6.92 Å². The summed E-state index contributed by atoms with van der Waals surface area (Å²) in [7, 11) is 0. The molecule has 3 heteroatoms. The highest BCUT2D eigenvalue weighted by atomic mass is 16.5. The molecule has 0 spiro atoms. The molecule has 0 bridgehead atoms. The number of hydrogen-bond acceptors (Lipinski definition) is 3. The van der Waals surface area contributed by atoms with Crippen LogP contribution in [0.15, 0.2) is 40.8 Å². The van der Waals surface area contributed by atoms with E-state index in [0.29, 0.717) is 23.7 Å². The first-order valence-electron chi connectivity index (χ1n) is 6.41. The van der Waals surface area contributed by atoms with Crippen molar-refractivity contribution in [3.8, 4) is 0 Å². The van der Waals surface area contributed by atoms with E-state index >= 15 is 0 Å². The molecule has 100 valence electrons. The fraction of sp³-hybridized carbons (Fsp3) is 0.312. The second-order valence-corrected chi connectivity index (χ2v) is 4.42. The third kappa shape index (κ3) is 2.93. The van der Waals surface area contributed by atoms with Crippen LogP contribution in [0.4, 0.5) is 0 Å². The molecule has 2 rings (SSSR count). The molecule has 1 unspecified atom stereocenters. The zero-order chi connectivity index (χ0) is 13.8. The van der Waals surface area contributed by atoms with Crippen molar-refractivity contribution >= 4 is 5.78 Å². The molecule has 2 aromatic rings. The van der Waals surface area contributed by atoms with E-state index in [0.717, 1.165) is 5.56 Å². The summed E-state index contributed by atoms with van der Waals surface area (Å²) >= 11 is 0. The van der Waals surface area contributed by atoms with Crippen LogP contribution in [0.25, 0.3) is 0 Å². The van der Waals surface area contributed by atoms with Crippen LogP contribution in [-0.2, 0) is 4.74 Å². The monoisotopic (exact) mass is 258 g/mol. The van der Waals surface area contributed by atoms with E-state index in [-0.39, 0.29) is 11.9 Å². The van der Waals surface area contributed by atoms with Gasteiger partial charge in [-0.15, -0.1) is 0 Å². The Kier molecular flexibility index (Phi) is 4.17. The average Bonchev–Trinajstić information content (AvgIpc) is 2.79. The molecule has 1 heterocycles. The Hall–Kier alpha value is -1.87. The first-order chi connectivity index (χ1) is 9.13. The summed E-state index contributed by atoms with van der Waals surface area (Å²) in [6.07, 6.45) is -0.266. The molecular weight excluding hydrogens is 240 g/mol. The van der Waals surface area contributed by atoms with E-state index in [1.165, 1.54) is 0 Å². The minimum absolute atomic E-state index is 0.0100. The highest BCUT2D eigenvalue weighted by molar-refractivity contribution is 5.95. The van der Waals surface area contributed by atoms with Crippen molar-refractivity contribution in [1.82, 2.24) is 0 Å². The average molecular weight is 258 g/mol. The number of carbonyl (C=O) groups is 1. The second kappa shape index (κ2) is 5.85. The maximum absolute atomic E-state index is 11.5. The summed E-state index contributed by atoms with van der Waals surface area (Å²) in [5.41, 5.74) is 1.64. The van der Waals surface area contributed by atoms with E-state index in [4.69, 9.17) is 9.15 Å². The molecule has 3 nitrogen and oxygen atoms in total. The van der Waals surface area contributed by atoms with Gasteiger partial charge in [-0.2, -0.15) is 0 Å². The first-order valence-corrected chi connectivity index (χ1v) is 6.41. The number of aryl methyl sites for hydroxylation is 1. The largest absolute Gasteiger partial charge is 0.462 e. The highest BCUT2D eigenvalue weighted by Crippen LogP contribution is 2.29. The van der Waals surface area contributed by atoms with E-state index < -0.39 is 0 Å². The van der Waals surface area contributed by atoms with E-state index in [9.17, 15) is 4.79 Å². The normalized spacial score (nSPS) is 12.4. The molecule has 1 aromatic heterocycles. The van der Waals surface area contributed by atoms with Gasteiger partial charge in [-0.05, 0) is 32.4 Å². The third-order valence-electron chi connectivity index (χ3n) is 3.01. The number of hydrogen-bond donors (Lipinski definition) is 0. The van der Waals surface area contributed by atoms with Crippen LogP contribution in [-0.4, -0.2) is 12.4 Å². The van der Waals surface area contributed by atoms with Gasteiger partial charge in [-0.25, -0.2) is 0 Å². The molecule has 0 fully saturated rings. The lowest BCUT2D eigenvalue weighted by atomic mass is 10.1. The number of ketones is 1. The zero-order valence-corrected chi connectivity index (χ0v) is 11.5. The zero-order valence-electron chi connectivity index (χ0n) is 11.5. The molecule has 0 radical (unpaired) electrons. The molecule has 0 amide bonds. The van der Waals surface area contributed by atoms with Gasteiger partial charge in [0.05, 0.1) is 5.56 Å². The topological polar surface area (TPSA) is 39.4 Å². The van der Waals surface area contributed by atoms with E-state index in [2.05, 4.69) is 0 Å². The van der Waals surface area contributed by atoms with Crippen LogP contribution in [0.2, 0.25) is 0 Å². The van der Waals surface area contributed by atoms with Crippen molar-refractivity contribution in [1.29, 1.82) is 0 Å².